The molecule has 1 N–H and O–H groups in total. The van der Waals surface area contributed by atoms with Gasteiger partial charge in [0, 0.05) is 30.8 Å². The first kappa shape index (κ1) is 19.9. The van der Waals surface area contributed by atoms with Crippen molar-refractivity contribution in [2.75, 3.05) is 50.2 Å². The number of carbonyl (C=O) groups excluding carboxylic acids is 1. The first-order valence-electron chi connectivity index (χ1n) is 9.85. The quantitative estimate of drug-likeness (QED) is 0.727. The summed E-state index contributed by atoms with van der Waals surface area (Å²) < 4.78 is 32.9. The lowest BCUT2D eigenvalue weighted by atomic mass is 10.0. The largest absolute Gasteiger partial charge is 0.379 e. The fourth-order valence-electron chi connectivity index (χ4n) is 3.79. The third-order valence-corrected chi connectivity index (χ3v) is 7.10. The molecule has 4 rings (SSSR count). The number of nitrogens with zero attached hydrogens (tertiary/aromatic N) is 2. The Bertz CT molecular complexity index is 987. The van der Waals surface area contributed by atoms with Gasteiger partial charge in [0.2, 0.25) is 5.91 Å². The lowest BCUT2D eigenvalue weighted by molar-refractivity contribution is -0.119. The zero-order valence-corrected chi connectivity index (χ0v) is 17.0. The van der Waals surface area contributed by atoms with Crippen LogP contribution in [0.2, 0.25) is 0 Å². The topological polar surface area (TPSA) is 79.0 Å². The molecular weight excluding hydrogens is 390 g/mol. The Balaban J connectivity index is 1.43. The van der Waals surface area contributed by atoms with Crippen LogP contribution in [-0.2, 0) is 19.6 Å². The number of amides is 1. The Morgan fingerprint density at radius 3 is 2.48 bits per heavy atom. The van der Waals surface area contributed by atoms with Gasteiger partial charge in [0.05, 0.1) is 23.8 Å². The van der Waals surface area contributed by atoms with E-state index in [0.29, 0.717) is 17.8 Å². The van der Waals surface area contributed by atoms with Gasteiger partial charge in [-0.25, -0.2) is 8.42 Å². The van der Waals surface area contributed by atoms with Crippen LogP contribution in [0.4, 0.5) is 5.69 Å². The van der Waals surface area contributed by atoms with Crippen molar-refractivity contribution < 1.29 is 17.9 Å². The van der Waals surface area contributed by atoms with E-state index in [1.807, 2.05) is 18.2 Å². The number of sulfonamides is 1. The van der Waals surface area contributed by atoms with E-state index in [0.717, 1.165) is 44.8 Å². The van der Waals surface area contributed by atoms with Crippen LogP contribution in [0.5, 0.6) is 0 Å². The molecule has 29 heavy (non-hydrogen) atoms. The van der Waals surface area contributed by atoms with Gasteiger partial charge in [-0.05, 0) is 25.1 Å². The lowest BCUT2D eigenvalue weighted by Crippen LogP contribution is -2.43. The molecule has 2 aromatic carbocycles. The van der Waals surface area contributed by atoms with Gasteiger partial charge in [0.15, 0.2) is 0 Å². The fraction of sp³-hybridized carbons (Fsp3) is 0.381. The minimum atomic E-state index is -3.79. The lowest BCUT2D eigenvalue weighted by Gasteiger charge is -2.31. The molecule has 2 aliphatic rings. The molecule has 0 aliphatic carbocycles. The van der Waals surface area contributed by atoms with Crippen LogP contribution in [0.15, 0.2) is 53.4 Å². The van der Waals surface area contributed by atoms with Gasteiger partial charge in [-0.3, -0.25) is 14.0 Å². The highest BCUT2D eigenvalue weighted by molar-refractivity contribution is 7.93. The van der Waals surface area contributed by atoms with Gasteiger partial charge >= 0.3 is 0 Å². The molecule has 8 heteroatoms. The van der Waals surface area contributed by atoms with Crippen molar-refractivity contribution in [3.8, 4) is 11.1 Å². The monoisotopic (exact) mass is 415 g/mol. The molecule has 7 nitrogen and oxygen atoms in total. The molecule has 154 valence electrons. The van der Waals surface area contributed by atoms with Gasteiger partial charge in [0.1, 0.15) is 6.54 Å². The normalized spacial score (nSPS) is 18.0. The summed E-state index contributed by atoms with van der Waals surface area (Å²) in [6.45, 7) is 4.50. The number of hydrogen-bond acceptors (Lipinski definition) is 5. The maximum atomic E-state index is 13.2. The Morgan fingerprint density at radius 1 is 1.00 bits per heavy atom. The van der Waals surface area contributed by atoms with E-state index in [1.54, 1.807) is 30.3 Å². The van der Waals surface area contributed by atoms with Crippen LogP contribution in [-0.4, -0.2) is 65.2 Å². The zero-order chi connectivity index (χ0) is 20.3. The summed E-state index contributed by atoms with van der Waals surface area (Å²) >= 11 is 0. The van der Waals surface area contributed by atoms with E-state index in [-0.39, 0.29) is 17.3 Å². The number of para-hydroxylation sites is 1. The molecule has 0 radical (unpaired) electrons. The molecular formula is C21H25N3O4S. The van der Waals surface area contributed by atoms with Crippen molar-refractivity contribution in [1.29, 1.82) is 0 Å². The SMILES string of the molecule is O=C(CN1c2ccccc2-c2ccccc2S1(=O)=O)NCCCN1CCOCC1. The molecule has 0 spiro atoms. The molecule has 0 bridgehead atoms. The second-order valence-corrected chi connectivity index (χ2v) is 9.01. The molecule has 1 fully saturated rings. The van der Waals surface area contributed by atoms with Crippen LogP contribution < -0.4 is 9.62 Å². The summed E-state index contributed by atoms with van der Waals surface area (Å²) in [5, 5.41) is 2.86. The molecule has 1 amide bonds. The minimum Gasteiger partial charge on any atom is -0.379 e. The van der Waals surface area contributed by atoms with Crippen molar-refractivity contribution in [2.45, 2.75) is 11.3 Å². The number of carbonyl (C=O) groups is 1. The molecule has 0 atom stereocenters. The van der Waals surface area contributed by atoms with Crippen LogP contribution in [0, 0.1) is 0 Å². The van der Waals surface area contributed by atoms with Crippen LogP contribution in [0.1, 0.15) is 6.42 Å². The highest BCUT2D eigenvalue weighted by atomic mass is 32.2. The van der Waals surface area contributed by atoms with Crippen molar-refractivity contribution in [1.82, 2.24) is 10.2 Å². The van der Waals surface area contributed by atoms with E-state index < -0.39 is 10.0 Å². The number of nitrogens with one attached hydrogen (secondary N) is 1. The van der Waals surface area contributed by atoms with E-state index in [2.05, 4.69) is 10.2 Å². The zero-order valence-electron chi connectivity index (χ0n) is 16.2. The average molecular weight is 416 g/mol. The van der Waals surface area contributed by atoms with E-state index >= 15 is 0 Å². The molecule has 0 aromatic heterocycles. The summed E-state index contributed by atoms with van der Waals surface area (Å²) in [5.74, 6) is -0.301. The Morgan fingerprint density at radius 2 is 1.69 bits per heavy atom. The molecule has 2 aromatic rings. The fourth-order valence-corrected chi connectivity index (χ4v) is 5.44. The standard InChI is InChI=1S/C21H25N3O4S/c25-21(22-10-5-11-23-12-14-28-15-13-23)16-24-19-8-3-1-6-17(19)18-7-2-4-9-20(18)29(24,26)27/h1-4,6-9H,5,10-16H2,(H,22,25). The highest BCUT2D eigenvalue weighted by Crippen LogP contribution is 2.42. The van der Waals surface area contributed by atoms with Crippen LogP contribution >= 0.6 is 0 Å². The van der Waals surface area contributed by atoms with Gasteiger partial charge in [-0.1, -0.05) is 36.4 Å². The number of rotatable bonds is 6. The summed E-state index contributed by atoms with van der Waals surface area (Å²) in [6.07, 6.45) is 0.817. The number of ether oxygens (including phenoxy) is 1. The third kappa shape index (κ3) is 4.14. The van der Waals surface area contributed by atoms with E-state index in [4.69, 9.17) is 4.74 Å². The Labute approximate surface area is 171 Å². The van der Waals surface area contributed by atoms with Crippen molar-refractivity contribution >= 4 is 21.6 Å². The van der Waals surface area contributed by atoms with Gasteiger partial charge in [0.25, 0.3) is 10.0 Å². The maximum absolute atomic E-state index is 13.2. The average Bonchev–Trinajstić information content (AvgIpc) is 2.75. The predicted molar refractivity (Wildman–Crippen MR) is 111 cm³/mol. The van der Waals surface area contributed by atoms with E-state index in [1.165, 1.54) is 4.31 Å². The van der Waals surface area contributed by atoms with Crippen molar-refractivity contribution in [2.24, 2.45) is 0 Å². The Kier molecular flexibility index (Phi) is 5.84. The predicted octanol–water partition coefficient (Wildman–Crippen LogP) is 1.70. The second kappa shape index (κ2) is 8.52. The molecule has 2 heterocycles. The molecule has 2 aliphatic heterocycles. The number of anilines is 1. The summed E-state index contributed by atoms with van der Waals surface area (Å²) in [6, 6.07) is 14.2. The smallest absolute Gasteiger partial charge is 0.265 e. The van der Waals surface area contributed by atoms with Gasteiger partial charge in [-0.15, -0.1) is 0 Å². The maximum Gasteiger partial charge on any atom is 0.265 e. The summed E-state index contributed by atoms with van der Waals surface area (Å²) in [4.78, 5) is 15.1. The van der Waals surface area contributed by atoms with Crippen molar-refractivity contribution in [3.63, 3.8) is 0 Å². The van der Waals surface area contributed by atoms with E-state index in [9.17, 15) is 13.2 Å². The van der Waals surface area contributed by atoms with Gasteiger partial charge in [-0.2, -0.15) is 0 Å². The number of morpholine rings is 1. The first-order chi connectivity index (χ1) is 14.1. The minimum absolute atomic E-state index is 0.231. The summed E-state index contributed by atoms with van der Waals surface area (Å²) in [7, 11) is -3.79. The first-order valence-corrected chi connectivity index (χ1v) is 11.3. The van der Waals surface area contributed by atoms with Crippen LogP contribution in [0.3, 0.4) is 0 Å². The number of hydrogen-bond donors (Lipinski definition) is 1. The summed E-state index contributed by atoms with van der Waals surface area (Å²) in [5.41, 5.74) is 2.03. The second-order valence-electron chi connectivity index (χ2n) is 7.18. The number of fused-ring (bicyclic) bond motifs is 3. The van der Waals surface area contributed by atoms with Crippen LogP contribution in [0.25, 0.3) is 11.1 Å². The molecule has 1 saturated heterocycles. The highest BCUT2D eigenvalue weighted by Gasteiger charge is 2.35. The third-order valence-electron chi connectivity index (χ3n) is 5.28. The number of benzene rings is 2. The molecule has 0 unspecified atom stereocenters. The Hall–Kier alpha value is -2.42. The molecule has 0 saturated carbocycles. The van der Waals surface area contributed by atoms with Gasteiger partial charge < -0.3 is 10.1 Å². The van der Waals surface area contributed by atoms with Crippen molar-refractivity contribution in [3.05, 3.63) is 48.5 Å².